The van der Waals surface area contributed by atoms with Gasteiger partial charge in [0, 0.05) is 5.92 Å². The molecule has 0 aromatic rings. The summed E-state index contributed by atoms with van der Waals surface area (Å²) in [5.41, 5.74) is 0. The summed E-state index contributed by atoms with van der Waals surface area (Å²) in [5.74, 6) is -0.0220. The zero-order chi connectivity index (χ0) is 7.56. The molecule has 0 saturated heterocycles. The molecule has 0 amide bonds. The average molecular weight is 177 g/mol. The summed E-state index contributed by atoms with van der Waals surface area (Å²) >= 11 is 11.1. The third kappa shape index (κ3) is 1.86. The molecule has 1 nitrogen and oxygen atoms in total. The lowest BCUT2D eigenvalue weighted by atomic mass is 10.1. The predicted molar refractivity (Wildman–Crippen MR) is 42.3 cm³/mol. The molecule has 0 unspecified atom stereocenters. The van der Waals surface area contributed by atoms with E-state index in [9.17, 15) is 4.79 Å². The first-order valence-electron chi connectivity index (χ1n) is 2.88. The molecule has 1 aliphatic carbocycles. The third-order valence-electron chi connectivity index (χ3n) is 1.26. The Balaban J connectivity index is 2.62. The SMILES string of the molecule is O=C1C=CC(C(Cl)Cl)C=C1. The fourth-order valence-electron chi connectivity index (χ4n) is 0.700. The van der Waals surface area contributed by atoms with Crippen LogP contribution in [0.4, 0.5) is 0 Å². The zero-order valence-corrected chi connectivity index (χ0v) is 6.64. The fourth-order valence-corrected chi connectivity index (χ4v) is 1.04. The van der Waals surface area contributed by atoms with Gasteiger partial charge in [0.2, 0.25) is 0 Å². The summed E-state index contributed by atoms with van der Waals surface area (Å²) in [7, 11) is 0. The molecule has 0 saturated carbocycles. The molecule has 3 heteroatoms. The summed E-state index contributed by atoms with van der Waals surface area (Å²) in [5, 5.41) is 0. The lowest BCUT2D eigenvalue weighted by Gasteiger charge is -2.09. The maximum Gasteiger partial charge on any atom is 0.178 e. The number of halogens is 2. The van der Waals surface area contributed by atoms with Crippen LogP contribution in [0.2, 0.25) is 0 Å². The minimum atomic E-state index is -0.458. The lowest BCUT2D eigenvalue weighted by Crippen LogP contribution is -2.07. The van der Waals surface area contributed by atoms with E-state index in [0.717, 1.165) is 0 Å². The number of hydrogen-bond acceptors (Lipinski definition) is 1. The van der Waals surface area contributed by atoms with Crippen molar-refractivity contribution in [2.75, 3.05) is 0 Å². The van der Waals surface area contributed by atoms with Crippen LogP contribution in [0.5, 0.6) is 0 Å². The highest BCUT2D eigenvalue weighted by atomic mass is 35.5. The van der Waals surface area contributed by atoms with Gasteiger partial charge < -0.3 is 0 Å². The minimum Gasteiger partial charge on any atom is -0.290 e. The van der Waals surface area contributed by atoms with Crippen LogP contribution in [0.15, 0.2) is 24.3 Å². The third-order valence-corrected chi connectivity index (χ3v) is 1.84. The van der Waals surface area contributed by atoms with Gasteiger partial charge in [-0.25, -0.2) is 0 Å². The van der Waals surface area contributed by atoms with Gasteiger partial charge in [-0.2, -0.15) is 0 Å². The van der Waals surface area contributed by atoms with Gasteiger partial charge in [-0.15, -0.1) is 23.2 Å². The van der Waals surface area contributed by atoms with Crippen LogP contribution in [0, 0.1) is 5.92 Å². The van der Waals surface area contributed by atoms with E-state index in [1.165, 1.54) is 12.2 Å². The highest BCUT2D eigenvalue weighted by molar-refractivity contribution is 6.44. The van der Waals surface area contributed by atoms with E-state index < -0.39 is 4.84 Å². The van der Waals surface area contributed by atoms with Gasteiger partial charge in [-0.1, -0.05) is 12.2 Å². The molecule has 1 rings (SSSR count). The van der Waals surface area contributed by atoms with Gasteiger partial charge in [-0.3, -0.25) is 4.79 Å². The normalized spacial score (nSPS) is 18.9. The largest absolute Gasteiger partial charge is 0.290 e. The molecule has 0 aromatic heterocycles. The first-order valence-corrected chi connectivity index (χ1v) is 3.76. The summed E-state index contributed by atoms with van der Waals surface area (Å²) < 4.78 is 0. The molecule has 0 N–H and O–H groups in total. The van der Waals surface area contributed by atoms with Crippen LogP contribution in [-0.2, 0) is 4.79 Å². The molecular formula is C7H6Cl2O. The quantitative estimate of drug-likeness (QED) is 0.560. The topological polar surface area (TPSA) is 17.1 Å². The Hall–Kier alpha value is -0.270. The van der Waals surface area contributed by atoms with Crippen molar-refractivity contribution in [1.82, 2.24) is 0 Å². The number of ketones is 1. The molecule has 0 aromatic carbocycles. The molecule has 54 valence electrons. The molecule has 1 aliphatic rings. The van der Waals surface area contributed by atoms with Crippen LogP contribution in [0.25, 0.3) is 0 Å². The molecule has 0 heterocycles. The van der Waals surface area contributed by atoms with E-state index in [1.54, 1.807) is 12.2 Å². The van der Waals surface area contributed by atoms with Crippen LogP contribution in [-0.4, -0.2) is 10.6 Å². The number of allylic oxidation sites excluding steroid dienone is 4. The van der Waals surface area contributed by atoms with Crippen LogP contribution < -0.4 is 0 Å². The molecule has 10 heavy (non-hydrogen) atoms. The van der Waals surface area contributed by atoms with Gasteiger partial charge in [0.15, 0.2) is 5.78 Å². The van der Waals surface area contributed by atoms with Crippen LogP contribution in [0.3, 0.4) is 0 Å². The van der Waals surface area contributed by atoms with Gasteiger partial charge in [0.1, 0.15) is 4.84 Å². The van der Waals surface area contributed by atoms with E-state index in [0.29, 0.717) is 0 Å². The molecule has 0 atom stereocenters. The summed E-state index contributed by atoms with van der Waals surface area (Å²) in [6.45, 7) is 0. The Morgan fingerprint density at radius 3 is 2.20 bits per heavy atom. The monoisotopic (exact) mass is 176 g/mol. The lowest BCUT2D eigenvalue weighted by molar-refractivity contribution is -0.110. The van der Waals surface area contributed by atoms with Crippen molar-refractivity contribution in [3.8, 4) is 0 Å². The Bertz CT molecular complexity index is 178. The van der Waals surface area contributed by atoms with Crippen LogP contribution in [0.1, 0.15) is 0 Å². The van der Waals surface area contributed by atoms with Crippen molar-refractivity contribution < 1.29 is 4.79 Å². The van der Waals surface area contributed by atoms with E-state index >= 15 is 0 Å². The number of carbonyl (C=O) groups is 1. The van der Waals surface area contributed by atoms with Crippen LogP contribution >= 0.6 is 23.2 Å². The minimum absolute atomic E-state index is 0.00904. The van der Waals surface area contributed by atoms with Crippen molar-refractivity contribution in [2.45, 2.75) is 4.84 Å². The Morgan fingerprint density at radius 2 is 1.80 bits per heavy atom. The van der Waals surface area contributed by atoms with Gasteiger partial charge in [0.25, 0.3) is 0 Å². The highest BCUT2D eigenvalue weighted by Crippen LogP contribution is 2.20. The molecule has 0 fully saturated rings. The number of carbonyl (C=O) groups excluding carboxylic acids is 1. The van der Waals surface area contributed by atoms with E-state index in [1.807, 2.05) is 0 Å². The van der Waals surface area contributed by atoms with Crippen molar-refractivity contribution in [1.29, 1.82) is 0 Å². The Kier molecular flexibility index (Phi) is 2.52. The van der Waals surface area contributed by atoms with Crippen molar-refractivity contribution >= 4 is 29.0 Å². The summed E-state index contributed by atoms with van der Waals surface area (Å²) in [6.07, 6.45) is 6.35. The maximum atomic E-state index is 10.6. The van der Waals surface area contributed by atoms with Crippen molar-refractivity contribution in [3.63, 3.8) is 0 Å². The second-order valence-electron chi connectivity index (χ2n) is 2.03. The molecule has 0 spiro atoms. The Morgan fingerprint density at radius 1 is 1.30 bits per heavy atom. The smallest absolute Gasteiger partial charge is 0.178 e. The first kappa shape index (κ1) is 7.83. The van der Waals surface area contributed by atoms with E-state index in [4.69, 9.17) is 23.2 Å². The molecule has 0 radical (unpaired) electrons. The molecular weight excluding hydrogens is 171 g/mol. The second-order valence-corrected chi connectivity index (χ2v) is 3.20. The molecule has 0 aliphatic heterocycles. The summed E-state index contributed by atoms with van der Waals surface area (Å²) in [6, 6.07) is 0. The summed E-state index contributed by atoms with van der Waals surface area (Å²) in [4.78, 5) is 10.1. The standard InChI is InChI=1S/C7H6Cl2O/c8-7(9)5-1-3-6(10)4-2-5/h1-5,7H. The second kappa shape index (κ2) is 3.22. The van der Waals surface area contributed by atoms with Crippen molar-refractivity contribution in [2.24, 2.45) is 5.92 Å². The maximum absolute atomic E-state index is 10.6. The van der Waals surface area contributed by atoms with Gasteiger partial charge in [0.05, 0.1) is 0 Å². The highest BCUT2D eigenvalue weighted by Gasteiger charge is 2.13. The van der Waals surface area contributed by atoms with Gasteiger partial charge >= 0.3 is 0 Å². The number of alkyl halides is 2. The van der Waals surface area contributed by atoms with Crippen molar-refractivity contribution in [3.05, 3.63) is 24.3 Å². The van der Waals surface area contributed by atoms with E-state index in [-0.39, 0.29) is 11.7 Å². The predicted octanol–water partition coefficient (Wildman–Crippen LogP) is 2.10. The number of rotatable bonds is 1. The van der Waals surface area contributed by atoms with E-state index in [2.05, 4.69) is 0 Å². The van der Waals surface area contributed by atoms with Gasteiger partial charge in [-0.05, 0) is 12.2 Å². The molecule has 0 bridgehead atoms. The zero-order valence-electron chi connectivity index (χ0n) is 5.13. The number of hydrogen-bond donors (Lipinski definition) is 0. The average Bonchev–Trinajstić information content (AvgIpc) is 1.88. The Labute approximate surface area is 69.3 Å². The first-order chi connectivity index (χ1) is 4.70. The fraction of sp³-hybridized carbons (Fsp3) is 0.286.